The van der Waals surface area contributed by atoms with Crippen LogP contribution in [-0.2, 0) is 16.1 Å². The van der Waals surface area contributed by atoms with Gasteiger partial charge in [0.25, 0.3) is 0 Å². The van der Waals surface area contributed by atoms with Crippen molar-refractivity contribution in [2.24, 2.45) is 0 Å². The van der Waals surface area contributed by atoms with E-state index in [2.05, 4.69) is 10.5 Å². The zero-order valence-electron chi connectivity index (χ0n) is 10.4. The third-order valence-electron chi connectivity index (χ3n) is 1.75. The molecule has 6 nitrogen and oxygen atoms in total. The minimum absolute atomic E-state index is 0.0695. The second-order valence-electron chi connectivity index (χ2n) is 4.59. The quantitative estimate of drug-likeness (QED) is 0.664. The van der Waals surface area contributed by atoms with Crippen molar-refractivity contribution in [3.63, 3.8) is 0 Å². The Hall–Kier alpha value is -1.56. The first-order chi connectivity index (χ1) is 8.31. The van der Waals surface area contributed by atoms with Crippen molar-refractivity contribution in [3.05, 3.63) is 17.5 Å². The average Bonchev–Trinajstić information content (AvgIpc) is 2.72. The van der Waals surface area contributed by atoms with Crippen molar-refractivity contribution in [1.29, 1.82) is 0 Å². The Bertz CT molecular complexity index is 436. The smallest absolute Gasteiger partial charge is 0.361 e. The first-order valence-electron chi connectivity index (χ1n) is 5.33. The standard InChI is InChI=1S/C11H15ClN2O4/c1-11(2,3)17-10(16)8-4-7(18-14-8)6-13-9(15)5-12/h4H,5-6H2,1-3H3,(H,13,15). The van der Waals surface area contributed by atoms with E-state index in [4.69, 9.17) is 20.9 Å². The Balaban J connectivity index is 2.58. The number of amides is 1. The molecule has 0 saturated carbocycles. The van der Waals surface area contributed by atoms with Crippen molar-refractivity contribution < 1.29 is 18.8 Å². The molecule has 0 aliphatic carbocycles. The summed E-state index contributed by atoms with van der Waals surface area (Å²) < 4.78 is 10.0. The van der Waals surface area contributed by atoms with Gasteiger partial charge in [-0.25, -0.2) is 4.79 Å². The molecule has 0 atom stereocenters. The molecular formula is C11H15ClN2O4. The summed E-state index contributed by atoms with van der Waals surface area (Å²) in [5, 5.41) is 6.06. The summed E-state index contributed by atoms with van der Waals surface area (Å²) in [7, 11) is 0. The molecule has 0 spiro atoms. The van der Waals surface area contributed by atoms with Gasteiger partial charge in [0.1, 0.15) is 11.5 Å². The van der Waals surface area contributed by atoms with Crippen LogP contribution >= 0.6 is 11.6 Å². The normalized spacial score (nSPS) is 11.1. The molecule has 18 heavy (non-hydrogen) atoms. The van der Waals surface area contributed by atoms with Gasteiger partial charge in [0.15, 0.2) is 11.5 Å². The molecular weight excluding hydrogens is 260 g/mol. The van der Waals surface area contributed by atoms with E-state index in [0.29, 0.717) is 5.76 Å². The number of esters is 1. The largest absolute Gasteiger partial charge is 0.455 e. The third-order valence-corrected chi connectivity index (χ3v) is 1.99. The molecule has 0 fully saturated rings. The van der Waals surface area contributed by atoms with Crippen molar-refractivity contribution in [1.82, 2.24) is 10.5 Å². The SMILES string of the molecule is CC(C)(C)OC(=O)c1cc(CNC(=O)CCl)on1. The number of halogens is 1. The molecule has 1 rings (SSSR count). The van der Waals surface area contributed by atoms with Gasteiger partial charge in [-0.15, -0.1) is 11.6 Å². The van der Waals surface area contributed by atoms with Crippen LogP contribution in [0.2, 0.25) is 0 Å². The van der Waals surface area contributed by atoms with E-state index in [0.717, 1.165) is 0 Å². The predicted octanol–water partition coefficient (Wildman–Crippen LogP) is 1.48. The van der Waals surface area contributed by atoms with E-state index in [-0.39, 0.29) is 24.0 Å². The monoisotopic (exact) mass is 274 g/mol. The highest BCUT2D eigenvalue weighted by atomic mass is 35.5. The molecule has 0 radical (unpaired) electrons. The summed E-state index contributed by atoms with van der Waals surface area (Å²) in [6.45, 7) is 5.40. The second-order valence-corrected chi connectivity index (χ2v) is 4.86. The van der Waals surface area contributed by atoms with Crippen molar-refractivity contribution in [3.8, 4) is 0 Å². The maximum Gasteiger partial charge on any atom is 0.361 e. The lowest BCUT2D eigenvalue weighted by atomic mass is 10.2. The van der Waals surface area contributed by atoms with Gasteiger partial charge in [-0.2, -0.15) is 0 Å². The highest BCUT2D eigenvalue weighted by Crippen LogP contribution is 2.12. The first-order valence-corrected chi connectivity index (χ1v) is 5.87. The summed E-state index contributed by atoms with van der Waals surface area (Å²) in [6, 6.07) is 1.42. The molecule has 1 amide bonds. The zero-order chi connectivity index (χ0) is 13.8. The van der Waals surface area contributed by atoms with E-state index in [1.165, 1.54) is 6.07 Å². The number of alkyl halides is 1. The van der Waals surface area contributed by atoms with Gasteiger partial charge in [0, 0.05) is 6.07 Å². The van der Waals surface area contributed by atoms with E-state index in [1.54, 1.807) is 20.8 Å². The zero-order valence-corrected chi connectivity index (χ0v) is 11.2. The highest BCUT2D eigenvalue weighted by Gasteiger charge is 2.21. The van der Waals surface area contributed by atoms with Crippen molar-refractivity contribution in [2.75, 3.05) is 5.88 Å². The number of nitrogens with zero attached hydrogens (tertiary/aromatic N) is 1. The summed E-state index contributed by atoms with van der Waals surface area (Å²) in [5.41, 5.74) is -0.525. The Labute approximate surface area is 110 Å². The molecule has 1 N–H and O–H groups in total. The van der Waals surface area contributed by atoms with Gasteiger partial charge in [0.2, 0.25) is 5.91 Å². The molecule has 100 valence electrons. The lowest BCUT2D eigenvalue weighted by Gasteiger charge is -2.18. The van der Waals surface area contributed by atoms with E-state index in [9.17, 15) is 9.59 Å². The number of hydrogen-bond acceptors (Lipinski definition) is 5. The van der Waals surface area contributed by atoms with E-state index >= 15 is 0 Å². The van der Waals surface area contributed by atoms with E-state index in [1.807, 2.05) is 0 Å². The maximum absolute atomic E-state index is 11.6. The molecule has 0 aliphatic rings. The van der Waals surface area contributed by atoms with Gasteiger partial charge in [-0.3, -0.25) is 4.79 Å². The van der Waals surface area contributed by atoms with Crippen LogP contribution in [0.15, 0.2) is 10.6 Å². The minimum Gasteiger partial charge on any atom is -0.455 e. The van der Waals surface area contributed by atoms with Gasteiger partial charge >= 0.3 is 5.97 Å². The number of carbonyl (C=O) groups is 2. The lowest BCUT2D eigenvalue weighted by molar-refractivity contribution is -0.118. The summed E-state index contributed by atoms with van der Waals surface area (Å²) >= 11 is 5.31. The molecule has 1 aromatic heterocycles. The van der Waals surface area contributed by atoms with Gasteiger partial charge in [-0.1, -0.05) is 5.16 Å². The van der Waals surface area contributed by atoms with Crippen LogP contribution in [0.4, 0.5) is 0 Å². The molecule has 7 heteroatoms. The van der Waals surface area contributed by atoms with Crippen molar-refractivity contribution >= 4 is 23.5 Å². The summed E-state index contributed by atoms with van der Waals surface area (Å²) in [4.78, 5) is 22.5. The molecule has 0 saturated heterocycles. The number of rotatable bonds is 4. The average molecular weight is 275 g/mol. The number of hydrogen-bond donors (Lipinski definition) is 1. The van der Waals surface area contributed by atoms with Crippen molar-refractivity contribution in [2.45, 2.75) is 32.9 Å². The van der Waals surface area contributed by atoms with Crippen LogP contribution in [0.25, 0.3) is 0 Å². The minimum atomic E-state index is -0.594. The van der Waals surface area contributed by atoms with Crippen LogP contribution in [0.5, 0.6) is 0 Å². The number of aromatic nitrogens is 1. The van der Waals surface area contributed by atoms with Crippen LogP contribution in [0.1, 0.15) is 37.0 Å². The lowest BCUT2D eigenvalue weighted by Crippen LogP contribution is -2.24. The molecule has 0 unspecified atom stereocenters. The molecule has 0 aromatic carbocycles. The first kappa shape index (κ1) is 14.5. The Morgan fingerprint density at radius 2 is 2.17 bits per heavy atom. The fraction of sp³-hybridized carbons (Fsp3) is 0.545. The molecule has 1 aromatic rings. The molecule has 0 bridgehead atoms. The van der Waals surface area contributed by atoms with E-state index < -0.39 is 11.6 Å². The Morgan fingerprint density at radius 1 is 1.50 bits per heavy atom. The topological polar surface area (TPSA) is 81.4 Å². The second kappa shape index (κ2) is 5.86. The summed E-state index contributed by atoms with van der Waals surface area (Å²) in [5.74, 6) is -0.671. The number of carbonyl (C=O) groups excluding carboxylic acids is 2. The fourth-order valence-corrected chi connectivity index (χ4v) is 1.15. The van der Waals surface area contributed by atoms with Crippen LogP contribution in [0.3, 0.4) is 0 Å². The predicted molar refractivity (Wildman–Crippen MR) is 64.2 cm³/mol. The number of ether oxygens (including phenoxy) is 1. The fourth-order valence-electron chi connectivity index (χ4n) is 1.06. The van der Waals surface area contributed by atoms with Gasteiger partial charge in [-0.05, 0) is 20.8 Å². The maximum atomic E-state index is 11.6. The Kier molecular flexibility index (Phi) is 4.72. The van der Waals surface area contributed by atoms with Crippen LogP contribution in [0, 0.1) is 0 Å². The van der Waals surface area contributed by atoms with Gasteiger partial charge in [0.05, 0.1) is 6.54 Å². The van der Waals surface area contributed by atoms with Gasteiger partial charge < -0.3 is 14.6 Å². The van der Waals surface area contributed by atoms with Crippen LogP contribution < -0.4 is 5.32 Å². The molecule has 1 heterocycles. The third kappa shape index (κ3) is 4.75. The number of nitrogens with one attached hydrogen (secondary N) is 1. The highest BCUT2D eigenvalue weighted by molar-refractivity contribution is 6.27. The molecule has 0 aliphatic heterocycles. The summed E-state index contributed by atoms with van der Waals surface area (Å²) in [6.07, 6.45) is 0. The Morgan fingerprint density at radius 3 is 2.72 bits per heavy atom. The van der Waals surface area contributed by atoms with Crippen LogP contribution in [-0.4, -0.2) is 28.5 Å².